The van der Waals surface area contributed by atoms with Gasteiger partial charge < -0.3 is 5.32 Å². The molecule has 0 bridgehead atoms. The topological polar surface area (TPSA) is 15.3 Å². The second-order valence-electron chi connectivity index (χ2n) is 7.15. The van der Waals surface area contributed by atoms with Crippen LogP contribution in [0.2, 0.25) is 0 Å². The van der Waals surface area contributed by atoms with Gasteiger partial charge in [-0.3, -0.25) is 4.90 Å². The Kier molecular flexibility index (Phi) is 5.67. The molecule has 2 heteroatoms. The van der Waals surface area contributed by atoms with E-state index in [-0.39, 0.29) is 0 Å². The van der Waals surface area contributed by atoms with Gasteiger partial charge in [-0.15, -0.1) is 0 Å². The molecule has 1 fully saturated rings. The summed E-state index contributed by atoms with van der Waals surface area (Å²) in [5.74, 6) is 1.59. The maximum Gasteiger partial charge on any atom is 0.0240 e. The van der Waals surface area contributed by atoms with Crippen LogP contribution in [0.4, 0.5) is 0 Å². The van der Waals surface area contributed by atoms with Crippen LogP contribution in [-0.4, -0.2) is 37.1 Å². The summed E-state index contributed by atoms with van der Waals surface area (Å²) in [6.45, 7) is 16.8. The fourth-order valence-electron chi connectivity index (χ4n) is 3.91. The first-order valence-electron chi connectivity index (χ1n) is 7.74. The Morgan fingerprint density at radius 3 is 2.28 bits per heavy atom. The Bertz CT molecular complexity index is 247. The molecule has 0 aromatic carbocycles. The van der Waals surface area contributed by atoms with Crippen LogP contribution < -0.4 is 5.32 Å². The maximum absolute atomic E-state index is 3.51. The Morgan fingerprint density at radius 2 is 1.89 bits per heavy atom. The number of likely N-dealkylation sites (N-methyl/N-ethyl adjacent to an activating group) is 1. The van der Waals surface area contributed by atoms with Gasteiger partial charge in [0.25, 0.3) is 0 Å². The SMILES string of the molecule is CCC1CCN([C@H](C)[C@H](NC)C(C)C)CC1(C)C. The standard InChI is InChI=1S/C16H34N2/c1-8-14-9-10-18(11-16(14,5)6)13(4)15(17-7)12(2)3/h12-15,17H,8-11H2,1-7H3/t13-,14?,15-/m1/s1. The van der Waals surface area contributed by atoms with Crippen LogP contribution >= 0.6 is 0 Å². The quantitative estimate of drug-likeness (QED) is 0.809. The predicted octanol–water partition coefficient (Wildman–Crippen LogP) is 3.38. The molecule has 0 spiro atoms. The number of piperidine rings is 1. The van der Waals surface area contributed by atoms with E-state index in [4.69, 9.17) is 0 Å². The summed E-state index contributed by atoms with van der Waals surface area (Å²) in [6, 6.07) is 1.23. The lowest BCUT2D eigenvalue weighted by Gasteiger charge is -2.48. The molecule has 0 aromatic heterocycles. The number of rotatable bonds is 5. The maximum atomic E-state index is 3.51. The van der Waals surface area contributed by atoms with E-state index in [1.165, 1.54) is 25.9 Å². The molecule has 1 rings (SSSR count). The van der Waals surface area contributed by atoms with Gasteiger partial charge in [0.1, 0.15) is 0 Å². The minimum absolute atomic E-state index is 0.469. The highest BCUT2D eigenvalue weighted by Gasteiger charge is 2.37. The van der Waals surface area contributed by atoms with E-state index in [9.17, 15) is 0 Å². The fraction of sp³-hybridized carbons (Fsp3) is 1.00. The first-order chi connectivity index (χ1) is 8.33. The van der Waals surface area contributed by atoms with Crippen molar-refractivity contribution >= 4 is 0 Å². The summed E-state index contributed by atoms with van der Waals surface area (Å²) in [5.41, 5.74) is 0.469. The lowest BCUT2D eigenvalue weighted by atomic mass is 9.72. The highest BCUT2D eigenvalue weighted by Crippen LogP contribution is 2.38. The van der Waals surface area contributed by atoms with Crippen molar-refractivity contribution in [2.45, 2.75) is 66.5 Å². The Balaban J connectivity index is 2.69. The molecule has 0 amide bonds. The monoisotopic (exact) mass is 254 g/mol. The van der Waals surface area contributed by atoms with Crippen molar-refractivity contribution in [2.75, 3.05) is 20.1 Å². The minimum atomic E-state index is 0.469. The van der Waals surface area contributed by atoms with E-state index in [0.717, 1.165) is 5.92 Å². The van der Waals surface area contributed by atoms with Crippen LogP contribution in [0, 0.1) is 17.3 Å². The molecule has 1 aliphatic heterocycles. The molecule has 108 valence electrons. The van der Waals surface area contributed by atoms with Crippen LogP contribution in [-0.2, 0) is 0 Å². The van der Waals surface area contributed by atoms with Gasteiger partial charge in [-0.2, -0.15) is 0 Å². The molecular weight excluding hydrogens is 220 g/mol. The van der Waals surface area contributed by atoms with Crippen molar-refractivity contribution in [1.29, 1.82) is 0 Å². The van der Waals surface area contributed by atoms with Gasteiger partial charge in [-0.1, -0.05) is 41.0 Å². The minimum Gasteiger partial charge on any atom is -0.315 e. The number of hydrogen-bond donors (Lipinski definition) is 1. The number of nitrogens with zero attached hydrogens (tertiary/aromatic N) is 1. The number of hydrogen-bond acceptors (Lipinski definition) is 2. The molecule has 0 aliphatic carbocycles. The second kappa shape index (κ2) is 6.38. The molecule has 1 aliphatic rings. The summed E-state index contributed by atoms with van der Waals surface area (Å²) in [7, 11) is 2.10. The van der Waals surface area contributed by atoms with Crippen LogP contribution in [0.25, 0.3) is 0 Å². The van der Waals surface area contributed by atoms with E-state index in [1.807, 2.05) is 0 Å². The van der Waals surface area contributed by atoms with Crippen molar-refractivity contribution in [1.82, 2.24) is 10.2 Å². The van der Waals surface area contributed by atoms with Gasteiger partial charge in [-0.25, -0.2) is 0 Å². The van der Waals surface area contributed by atoms with E-state index in [0.29, 0.717) is 23.4 Å². The fourth-order valence-corrected chi connectivity index (χ4v) is 3.91. The zero-order chi connectivity index (χ0) is 13.9. The third kappa shape index (κ3) is 3.48. The summed E-state index contributed by atoms with van der Waals surface area (Å²) >= 11 is 0. The van der Waals surface area contributed by atoms with E-state index < -0.39 is 0 Å². The van der Waals surface area contributed by atoms with Crippen LogP contribution in [0.1, 0.15) is 54.4 Å². The lowest BCUT2D eigenvalue weighted by molar-refractivity contribution is 0.0163. The van der Waals surface area contributed by atoms with E-state index in [2.05, 4.69) is 58.8 Å². The highest BCUT2D eigenvalue weighted by molar-refractivity contribution is 4.91. The first-order valence-corrected chi connectivity index (χ1v) is 7.74. The third-order valence-corrected chi connectivity index (χ3v) is 5.12. The Hall–Kier alpha value is -0.0800. The van der Waals surface area contributed by atoms with Gasteiger partial charge in [0.15, 0.2) is 0 Å². The highest BCUT2D eigenvalue weighted by atomic mass is 15.2. The summed E-state index contributed by atoms with van der Waals surface area (Å²) in [4.78, 5) is 2.70. The summed E-state index contributed by atoms with van der Waals surface area (Å²) < 4.78 is 0. The van der Waals surface area contributed by atoms with Crippen molar-refractivity contribution < 1.29 is 0 Å². The number of nitrogens with one attached hydrogen (secondary N) is 1. The van der Waals surface area contributed by atoms with Gasteiger partial charge in [-0.05, 0) is 44.2 Å². The molecule has 1 N–H and O–H groups in total. The largest absolute Gasteiger partial charge is 0.315 e. The molecule has 18 heavy (non-hydrogen) atoms. The van der Waals surface area contributed by atoms with Crippen molar-refractivity contribution in [3.8, 4) is 0 Å². The molecule has 1 heterocycles. The van der Waals surface area contributed by atoms with Crippen molar-refractivity contribution in [3.63, 3.8) is 0 Å². The summed E-state index contributed by atoms with van der Waals surface area (Å²) in [5, 5.41) is 3.51. The van der Waals surface area contributed by atoms with Gasteiger partial charge in [0.2, 0.25) is 0 Å². The van der Waals surface area contributed by atoms with E-state index in [1.54, 1.807) is 0 Å². The van der Waals surface area contributed by atoms with Gasteiger partial charge >= 0.3 is 0 Å². The van der Waals surface area contributed by atoms with Crippen molar-refractivity contribution in [3.05, 3.63) is 0 Å². The van der Waals surface area contributed by atoms with Gasteiger partial charge in [0.05, 0.1) is 0 Å². The molecular formula is C16H34N2. The van der Waals surface area contributed by atoms with Crippen LogP contribution in [0.3, 0.4) is 0 Å². The average Bonchev–Trinajstić information content (AvgIpc) is 2.27. The smallest absolute Gasteiger partial charge is 0.0240 e. The molecule has 0 radical (unpaired) electrons. The summed E-state index contributed by atoms with van der Waals surface area (Å²) in [6.07, 6.45) is 2.69. The molecule has 0 aromatic rings. The lowest BCUT2D eigenvalue weighted by Crippen LogP contribution is -2.56. The second-order valence-corrected chi connectivity index (χ2v) is 7.15. The Labute approximate surface area is 115 Å². The normalized spacial score (nSPS) is 28.3. The molecule has 0 saturated carbocycles. The molecule has 1 saturated heterocycles. The number of likely N-dealkylation sites (tertiary alicyclic amines) is 1. The molecule has 2 nitrogen and oxygen atoms in total. The van der Waals surface area contributed by atoms with Crippen LogP contribution in [0.5, 0.6) is 0 Å². The third-order valence-electron chi connectivity index (χ3n) is 5.12. The zero-order valence-corrected chi connectivity index (χ0v) is 13.6. The van der Waals surface area contributed by atoms with E-state index >= 15 is 0 Å². The Morgan fingerprint density at radius 1 is 1.28 bits per heavy atom. The zero-order valence-electron chi connectivity index (χ0n) is 13.6. The van der Waals surface area contributed by atoms with Crippen LogP contribution in [0.15, 0.2) is 0 Å². The first kappa shape index (κ1) is 16.0. The molecule has 1 unspecified atom stereocenters. The predicted molar refractivity (Wildman–Crippen MR) is 80.9 cm³/mol. The van der Waals surface area contributed by atoms with Gasteiger partial charge in [0, 0.05) is 18.6 Å². The molecule has 3 atom stereocenters. The average molecular weight is 254 g/mol. The van der Waals surface area contributed by atoms with Crippen molar-refractivity contribution in [2.24, 2.45) is 17.3 Å².